The Balaban J connectivity index is 2.06. The van der Waals surface area contributed by atoms with Gasteiger partial charge in [0.2, 0.25) is 0 Å². The maximum absolute atomic E-state index is 12.6. The SMILES string of the molecule is Cc1ccc(CCn2c(=O)c(C(=O)O)cc3ccccc32)c(C)c1. The molecule has 1 aromatic heterocycles. The molecule has 0 spiro atoms. The van der Waals surface area contributed by atoms with Crippen molar-refractivity contribution in [3.8, 4) is 0 Å². The molecule has 0 aliphatic rings. The summed E-state index contributed by atoms with van der Waals surface area (Å²) in [5.74, 6) is -1.19. The molecule has 1 N–H and O–H groups in total. The predicted octanol–water partition coefficient (Wildman–Crippen LogP) is 3.56. The van der Waals surface area contributed by atoms with E-state index >= 15 is 0 Å². The normalized spacial score (nSPS) is 10.9. The van der Waals surface area contributed by atoms with E-state index < -0.39 is 11.5 Å². The highest BCUT2D eigenvalue weighted by Crippen LogP contribution is 2.16. The van der Waals surface area contributed by atoms with Crippen LogP contribution in [0.1, 0.15) is 27.0 Å². The summed E-state index contributed by atoms with van der Waals surface area (Å²) in [5, 5.41) is 10.1. The van der Waals surface area contributed by atoms with Crippen LogP contribution in [0.15, 0.2) is 53.3 Å². The van der Waals surface area contributed by atoms with Gasteiger partial charge in [0.15, 0.2) is 0 Å². The average Bonchev–Trinajstić information content (AvgIpc) is 2.55. The maximum Gasteiger partial charge on any atom is 0.341 e. The van der Waals surface area contributed by atoms with Crippen LogP contribution in [0.2, 0.25) is 0 Å². The van der Waals surface area contributed by atoms with Crippen molar-refractivity contribution in [1.29, 1.82) is 0 Å². The van der Waals surface area contributed by atoms with E-state index in [-0.39, 0.29) is 5.56 Å². The number of rotatable bonds is 4. The number of nitrogens with zero attached hydrogens (tertiary/aromatic N) is 1. The fourth-order valence-electron chi connectivity index (χ4n) is 3.06. The van der Waals surface area contributed by atoms with Crippen molar-refractivity contribution in [2.75, 3.05) is 0 Å². The quantitative estimate of drug-likeness (QED) is 0.799. The number of aromatic carboxylic acids is 1. The van der Waals surface area contributed by atoms with Gasteiger partial charge in [0, 0.05) is 6.54 Å². The molecular formula is C20H19NO3. The molecule has 0 unspecified atom stereocenters. The number of aromatic nitrogens is 1. The lowest BCUT2D eigenvalue weighted by atomic mass is 10.0. The lowest BCUT2D eigenvalue weighted by Gasteiger charge is -2.13. The molecule has 3 rings (SSSR count). The lowest BCUT2D eigenvalue weighted by Crippen LogP contribution is -2.27. The second-order valence-corrected chi connectivity index (χ2v) is 6.06. The standard InChI is InChI=1S/C20H19NO3/c1-13-7-8-15(14(2)11-13)9-10-21-18-6-4-3-5-16(18)12-17(19(21)22)20(23)24/h3-8,11-12H,9-10H2,1-2H3,(H,23,24). The highest BCUT2D eigenvalue weighted by molar-refractivity contribution is 5.92. The van der Waals surface area contributed by atoms with E-state index in [4.69, 9.17) is 0 Å². The molecule has 0 atom stereocenters. The predicted molar refractivity (Wildman–Crippen MR) is 94.8 cm³/mol. The van der Waals surface area contributed by atoms with Gasteiger partial charge < -0.3 is 9.67 Å². The Morgan fingerprint density at radius 3 is 2.54 bits per heavy atom. The van der Waals surface area contributed by atoms with Crippen molar-refractivity contribution >= 4 is 16.9 Å². The Morgan fingerprint density at radius 1 is 1.08 bits per heavy atom. The van der Waals surface area contributed by atoms with E-state index in [1.165, 1.54) is 17.2 Å². The zero-order valence-electron chi connectivity index (χ0n) is 13.7. The van der Waals surface area contributed by atoms with E-state index in [1.807, 2.05) is 31.2 Å². The van der Waals surface area contributed by atoms with E-state index in [0.29, 0.717) is 13.0 Å². The second-order valence-electron chi connectivity index (χ2n) is 6.06. The van der Waals surface area contributed by atoms with Crippen LogP contribution >= 0.6 is 0 Å². The number of carbonyl (C=O) groups is 1. The van der Waals surface area contributed by atoms with Gasteiger partial charge in [0.1, 0.15) is 5.56 Å². The van der Waals surface area contributed by atoms with Crippen molar-refractivity contribution < 1.29 is 9.90 Å². The zero-order valence-corrected chi connectivity index (χ0v) is 13.7. The van der Waals surface area contributed by atoms with E-state index in [2.05, 4.69) is 25.1 Å². The molecule has 0 bridgehead atoms. The first kappa shape index (κ1) is 16.0. The third kappa shape index (κ3) is 2.95. The third-order valence-electron chi connectivity index (χ3n) is 4.34. The smallest absolute Gasteiger partial charge is 0.341 e. The molecule has 0 saturated carbocycles. The first-order chi connectivity index (χ1) is 11.5. The van der Waals surface area contributed by atoms with Gasteiger partial charge in [-0.1, -0.05) is 42.0 Å². The second kappa shape index (κ2) is 6.32. The van der Waals surface area contributed by atoms with Crippen molar-refractivity contribution in [3.63, 3.8) is 0 Å². The summed E-state index contributed by atoms with van der Waals surface area (Å²) >= 11 is 0. The molecule has 0 aliphatic carbocycles. The Hall–Kier alpha value is -2.88. The maximum atomic E-state index is 12.6. The van der Waals surface area contributed by atoms with Gasteiger partial charge >= 0.3 is 5.97 Å². The first-order valence-electron chi connectivity index (χ1n) is 7.89. The molecule has 1 heterocycles. The molecule has 0 fully saturated rings. The van der Waals surface area contributed by atoms with Crippen LogP contribution in [0.4, 0.5) is 0 Å². The number of hydrogen-bond acceptors (Lipinski definition) is 2. The monoisotopic (exact) mass is 321 g/mol. The number of para-hydroxylation sites is 1. The number of hydrogen-bond donors (Lipinski definition) is 1. The lowest BCUT2D eigenvalue weighted by molar-refractivity contribution is 0.0694. The minimum Gasteiger partial charge on any atom is -0.477 e. The first-order valence-corrected chi connectivity index (χ1v) is 7.89. The molecule has 0 amide bonds. The topological polar surface area (TPSA) is 59.3 Å². The minimum atomic E-state index is -1.19. The molecule has 0 aliphatic heterocycles. The molecule has 4 nitrogen and oxygen atoms in total. The van der Waals surface area contributed by atoms with Crippen LogP contribution in [-0.4, -0.2) is 15.6 Å². The van der Waals surface area contributed by atoms with Gasteiger partial charge in [0.25, 0.3) is 5.56 Å². The fourth-order valence-corrected chi connectivity index (χ4v) is 3.06. The van der Waals surface area contributed by atoms with Crippen molar-refractivity contribution in [3.05, 3.63) is 81.1 Å². The summed E-state index contributed by atoms with van der Waals surface area (Å²) in [6, 6.07) is 15.1. The van der Waals surface area contributed by atoms with Crippen LogP contribution < -0.4 is 5.56 Å². The number of carboxylic acid groups (broad SMARTS) is 1. The van der Waals surface area contributed by atoms with Crippen LogP contribution in [0.25, 0.3) is 10.9 Å². The summed E-state index contributed by atoms with van der Waals surface area (Å²) in [7, 11) is 0. The Bertz CT molecular complexity index is 986. The average molecular weight is 321 g/mol. The number of benzene rings is 2. The van der Waals surface area contributed by atoms with Crippen LogP contribution in [0, 0.1) is 13.8 Å². The molecular weight excluding hydrogens is 302 g/mol. The van der Waals surface area contributed by atoms with Gasteiger partial charge in [-0.15, -0.1) is 0 Å². The number of aryl methyl sites for hydroxylation is 4. The number of pyridine rings is 1. The molecule has 4 heteroatoms. The summed E-state index contributed by atoms with van der Waals surface area (Å²) in [4.78, 5) is 23.9. The highest BCUT2D eigenvalue weighted by Gasteiger charge is 2.14. The number of carboxylic acids is 1. The fraction of sp³-hybridized carbons (Fsp3) is 0.200. The molecule has 3 aromatic rings. The van der Waals surface area contributed by atoms with Crippen LogP contribution in [0.3, 0.4) is 0 Å². The van der Waals surface area contributed by atoms with E-state index in [1.54, 1.807) is 4.57 Å². The summed E-state index contributed by atoms with van der Waals surface area (Å²) < 4.78 is 1.57. The van der Waals surface area contributed by atoms with Crippen molar-refractivity contribution in [2.45, 2.75) is 26.8 Å². The Morgan fingerprint density at radius 2 is 1.83 bits per heavy atom. The summed E-state index contributed by atoms with van der Waals surface area (Å²) in [5.41, 5.74) is 3.67. The van der Waals surface area contributed by atoms with Crippen LogP contribution in [0.5, 0.6) is 0 Å². The Labute approximate surface area is 140 Å². The molecule has 122 valence electrons. The largest absolute Gasteiger partial charge is 0.477 e. The van der Waals surface area contributed by atoms with Crippen molar-refractivity contribution in [2.24, 2.45) is 0 Å². The summed E-state index contributed by atoms with van der Waals surface area (Å²) in [6.45, 7) is 4.55. The van der Waals surface area contributed by atoms with E-state index in [0.717, 1.165) is 16.5 Å². The third-order valence-corrected chi connectivity index (χ3v) is 4.34. The van der Waals surface area contributed by atoms with E-state index in [9.17, 15) is 14.7 Å². The molecule has 0 saturated heterocycles. The Kier molecular flexibility index (Phi) is 4.21. The van der Waals surface area contributed by atoms with Gasteiger partial charge in [-0.25, -0.2) is 4.79 Å². The van der Waals surface area contributed by atoms with Crippen molar-refractivity contribution in [1.82, 2.24) is 4.57 Å². The molecule has 2 aromatic carbocycles. The molecule has 24 heavy (non-hydrogen) atoms. The van der Waals surface area contributed by atoms with Gasteiger partial charge in [-0.2, -0.15) is 0 Å². The van der Waals surface area contributed by atoms with Gasteiger partial charge in [0.05, 0.1) is 5.52 Å². The zero-order chi connectivity index (χ0) is 17.3. The minimum absolute atomic E-state index is 0.186. The van der Waals surface area contributed by atoms with Crippen LogP contribution in [-0.2, 0) is 13.0 Å². The highest BCUT2D eigenvalue weighted by atomic mass is 16.4. The summed E-state index contributed by atoms with van der Waals surface area (Å²) in [6.07, 6.45) is 0.680. The van der Waals surface area contributed by atoms with Gasteiger partial charge in [-0.05, 0) is 48.9 Å². The molecule has 0 radical (unpaired) electrons. The van der Waals surface area contributed by atoms with Gasteiger partial charge in [-0.3, -0.25) is 4.79 Å². The number of fused-ring (bicyclic) bond motifs is 1.